The van der Waals surface area contributed by atoms with Crippen LogP contribution < -0.4 is 5.43 Å². The summed E-state index contributed by atoms with van der Waals surface area (Å²) in [5, 5.41) is 8.90. The van der Waals surface area contributed by atoms with Crippen molar-refractivity contribution in [2.24, 2.45) is 0 Å². The summed E-state index contributed by atoms with van der Waals surface area (Å²) in [6.45, 7) is 2.21. The smallest absolute Gasteiger partial charge is 0.188 e. The second-order valence-corrected chi connectivity index (χ2v) is 7.13. The number of hydrogen-bond donors (Lipinski definition) is 1. The Morgan fingerprint density at radius 2 is 1.21 bits per heavy atom. The van der Waals surface area contributed by atoms with Gasteiger partial charge in [0.05, 0.1) is 6.61 Å². The first kappa shape index (κ1) is 21.2. The van der Waals surface area contributed by atoms with E-state index >= 15 is 0 Å². The fraction of sp³-hybridized carbons (Fsp3) is 0.773. The molecule has 0 aliphatic heterocycles. The highest BCUT2D eigenvalue weighted by Gasteiger charge is 2.19. The largest absolute Gasteiger partial charge is 0.392 e. The average molecular weight is 335 g/mol. The van der Waals surface area contributed by atoms with E-state index in [0.29, 0.717) is 5.56 Å². The van der Waals surface area contributed by atoms with Crippen molar-refractivity contribution < 1.29 is 5.11 Å². The Kier molecular flexibility index (Phi) is 12.7. The molecule has 0 saturated heterocycles. The molecule has 2 heteroatoms. The fourth-order valence-corrected chi connectivity index (χ4v) is 3.23. The zero-order valence-corrected chi connectivity index (χ0v) is 15.8. The van der Waals surface area contributed by atoms with Gasteiger partial charge in [-0.15, -0.1) is 0 Å². The van der Waals surface area contributed by atoms with Gasteiger partial charge in [0.15, 0.2) is 5.43 Å². The number of allylic oxidation sites excluding steroid dienone is 2. The summed E-state index contributed by atoms with van der Waals surface area (Å²) in [5.41, 5.74) is 1.72. The fourth-order valence-electron chi connectivity index (χ4n) is 3.23. The third-order valence-corrected chi connectivity index (χ3v) is 4.95. The standard InChI is InChI=1S/C22H38O2/c1-2-3-4-5-6-7-8-9-10-11-12-13-14-15-16-17-18-20-21(19-23)22(20)24/h9-10,23H,2-8,11-19H2,1H3/b10-9-. The first-order chi connectivity index (χ1) is 11.8. The predicted molar refractivity (Wildman–Crippen MR) is 104 cm³/mol. The molecule has 24 heavy (non-hydrogen) atoms. The van der Waals surface area contributed by atoms with Gasteiger partial charge in [-0.2, -0.15) is 0 Å². The summed E-state index contributed by atoms with van der Waals surface area (Å²) in [6, 6.07) is 0. The van der Waals surface area contributed by atoms with Crippen LogP contribution in [-0.2, 0) is 13.0 Å². The van der Waals surface area contributed by atoms with Crippen LogP contribution in [0, 0.1) is 0 Å². The van der Waals surface area contributed by atoms with Crippen molar-refractivity contribution in [2.75, 3.05) is 0 Å². The van der Waals surface area contributed by atoms with E-state index in [9.17, 15) is 4.79 Å². The molecule has 0 aliphatic rings. The quantitative estimate of drug-likeness (QED) is 0.280. The van der Waals surface area contributed by atoms with Gasteiger partial charge in [0, 0.05) is 11.1 Å². The number of hydrogen-bond acceptors (Lipinski definition) is 2. The van der Waals surface area contributed by atoms with Crippen LogP contribution in [0.1, 0.15) is 108 Å². The molecule has 0 atom stereocenters. The van der Waals surface area contributed by atoms with E-state index in [4.69, 9.17) is 5.11 Å². The number of rotatable bonds is 17. The molecule has 0 unspecified atom stereocenters. The SMILES string of the molecule is CCCCCCCC/C=C\CCCCCCCCc1c(CO)c1=O. The van der Waals surface area contributed by atoms with Crippen molar-refractivity contribution in [1.29, 1.82) is 0 Å². The summed E-state index contributed by atoms with van der Waals surface area (Å²) in [5.74, 6) is 0. The van der Waals surface area contributed by atoms with Gasteiger partial charge in [-0.25, -0.2) is 0 Å². The molecule has 0 saturated carbocycles. The Hall–Kier alpha value is -0.890. The lowest BCUT2D eigenvalue weighted by Crippen LogP contribution is -1.85. The van der Waals surface area contributed by atoms with Crippen molar-refractivity contribution >= 4 is 0 Å². The second kappa shape index (κ2) is 14.5. The normalized spacial score (nSPS) is 11.9. The van der Waals surface area contributed by atoms with E-state index in [1.54, 1.807) is 0 Å². The molecule has 1 aromatic carbocycles. The zero-order chi connectivity index (χ0) is 17.5. The van der Waals surface area contributed by atoms with Crippen molar-refractivity contribution in [3.63, 3.8) is 0 Å². The minimum atomic E-state index is -0.0550. The lowest BCUT2D eigenvalue weighted by molar-refractivity contribution is 0.284. The van der Waals surface area contributed by atoms with Crippen LogP contribution >= 0.6 is 0 Å². The van der Waals surface area contributed by atoms with E-state index in [1.165, 1.54) is 83.5 Å². The molecule has 1 aromatic rings. The highest BCUT2D eigenvalue weighted by Crippen LogP contribution is 2.15. The van der Waals surface area contributed by atoms with E-state index in [-0.39, 0.29) is 12.0 Å². The monoisotopic (exact) mass is 334 g/mol. The molecule has 138 valence electrons. The first-order valence-electron chi connectivity index (χ1n) is 10.3. The molecule has 0 spiro atoms. The Morgan fingerprint density at radius 3 is 1.71 bits per heavy atom. The number of aliphatic hydroxyl groups is 1. The lowest BCUT2D eigenvalue weighted by Gasteiger charge is -2.00. The van der Waals surface area contributed by atoms with Gasteiger partial charge in [-0.05, 0) is 38.5 Å². The summed E-state index contributed by atoms with van der Waals surface area (Å²) in [4.78, 5) is 11.2. The van der Waals surface area contributed by atoms with E-state index in [2.05, 4.69) is 19.1 Å². The van der Waals surface area contributed by atoms with Crippen LogP contribution in [0.15, 0.2) is 16.9 Å². The molecule has 0 radical (unpaired) electrons. The maximum Gasteiger partial charge on any atom is 0.188 e. The van der Waals surface area contributed by atoms with E-state index in [0.717, 1.165) is 18.4 Å². The first-order valence-corrected chi connectivity index (χ1v) is 10.3. The third kappa shape index (κ3) is 10.1. The molecule has 0 bridgehead atoms. The molecule has 0 aliphatic carbocycles. The number of aliphatic hydroxyl groups excluding tert-OH is 1. The van der Waals surface area contributed by atoms with Crippen molar-refractivity contribution in [2.45, 2.75) is 110 Å². The maximum atomic E-state index is 11.2. The topological polar surface area (TPSA) is 37.3 Å². The Morgan fingerprint density at radius 1 is 0.708 bits per heavy atom. The summed E-state index contributed by atoms with van der Waals surface area (Å²) in [6.07, 6.45) is 24.0. The summed E-state index contributed by atoms with van der Waals surface area (Å²) in [7, 11) is 0. The van der Waals surface area contributed by atoms with Crippen molar-refractivity contribution in [3.05, 3.63) is 33.5 Å². The molecular formula is C22H38O2. The van der Waals surface area contributed by atoms with Gasteiger partial charge in [0.25, 0.3) is 0 Å². The van der Waals surface area contributed by atoms with Gasteiger partial charge in [0.1, 0.15) is 0 Å². The molecule has 0 fully saturated rings. The summed E-state index contributed by atoms with van der Waals surface area (Å²) >= 11 is 0. The van der Waals surface area contributed by atoms with Crippen LogP contribution in [0.4, 0.5) is 0 Å². The van der Waals surface area contributed by atoms with Gasteiger partial charge >= 0.3 is 0 Å². The minimum absolute atomic E-state index is 0.0550. The molecule has 0 amide bonds. The molecular weight excluding hydrogens is 296 g/mol. The highest BCUT2D eigenvalue weighted by molar-refractivity contribution is 5.38. The molecule has 0 aromatic heterocycles. The van der Waals surface area contributed by atoms with E-state index < -0.39 is 0 Å². The lowest BCUT2D eigenvalue weighted by atomic mass is 10.1. The second-order valence-electron chi connectivity index (χ2n) is 7.13. The molecule has 1 rings (SSSR count). The van der Waals surface area contributed by atoms with E-state index in [1.807, 2.05) is 0 Å². The predicted octanol–water partition coefficient (Wildman–Crippen LogP) is 5.99. The van der Waals surface area contributed by atoms with Gasteiger partial charge in [0.2, 0.25) is 0 Å². The molecule has 2 nitrogen and oxygen atoms in total. The van der Waals surface area contributed by atoms with Crippen molar-refractivity contribution in [1.82, 2.24) is 0 Å². The minimum Gasteiger partial charge on any atom is -0.392 e. The Bertz CT molecular complexity index is 438. The van der Waals surface area contributed by atoms with Crippen LogP contribution in [0.25, 0.3) is 0 Å². The Labute approximate surface area is 149 Å². The van der Waals surface area contributed by atoms with Gasteiger partial charge in [-0.1, -0.05) is 76.9 Å². The van der Waals surface area contributed by atoms with Crippen LogP contribution in [0.3, 0.4) is 0 Å². The Balaban J connectivity index is 1.76. The molecule has 1 N–H and O–H groups in total. The third-order valence-electron chi connectivity index (χ3n) is 4.95. The van der Waals surface area contributed by atoms with Crippen LogP contribution in [-0.4, -0.2) is 5.11 Å². The highest BCUT2D eigenvalue weighted by atomic mass is 16.3. The number of unbranched alkanes of at least 4 members (excludes halogenated alkanes) is 12. The zero-order valence-electron chi connectivity index (χ0n) is 15.8. The van der Waals surface area contributed by atoms with Crippen molar-refractivity contribution in [3.8, 4) is 0 Å². The maximum absolute atomic E-state index is 11.2. The van der Waals surface area contributed by atoms with Crippen LogP contribution in [0.5, 0.6) is 0 Å². The van der Waals surface area contributed by atoms with Gasteiger partial charge in [-0.3, -0.25) is 4.79 Å². The van der Waals surface area contributed by atoms with Gasteiger partial charge < -0.3 is 5.11 Å². The van der Waals surface area contributed by atoms with Crippen LogP contribution in [0.2, 0.25) is 0 Å². The summed E-state index contributed by atoms with van der Waals surface area (Å²) < 4.78 is 0. The molecule has 0 heterocycles. The average Bonchev–Trinajstić information content (AvgIpc) is 3.23.